The van der Waals surface area contributed by atoms with E-state index in [1.165, 1.54) is 17.3 Å². The Balaban J connectivity index is 2.16. The zero-order valence-electron chi connectivity index (χ0n) is 7.71. The standard InChI is InChI=1S/C8H9N3O4/c12-7(13)5-3-11(8(14)15-4-5)6-1-9-10-2-6/h1-2,5H,3-4H2,(H,9,10)(H,12,13). The molecule has 0 saturated carbocycles. The molecule has 1 unspecified atom stereocenters. The summed E-state index contributed by atoms with van der Waals surface area (Å²) in [6, 6.07) is 0. The monoisotopic (exact) mass is 211 g/mol. The van der Waals surface area contributed by atoms with Crippen LogP contribution in [0.2, 0.25) is 0 Å². The topological polar surface area (TPSA) is 95.5 Å². The van der Waals surface area contributed by atoms with Gasteiger partial charge in [0.05, 0.1) is 11.9 Å². The van der Waals surface area contributed by atoms with Crippen LogP contribution in [-0.2, 0) is 9.53 Å². The van der Waals surface area contributed by atoms with Crippen LogP contribution in [0.1, 0.15) is 0 Å². The Labute approximate surface area is 84.6 Å². The molecule has 1 aliphatic rings. The van der Waals surface area contributed by atoms with E-state index in [1.807, 2.05) is 0 Å². The predicted molar refractivity (Wildman–Crippen MR) is 48.4 cm³/mol. The van der Waals surface area contributed by atoms with Gasteiger partial charge in [0.25, 0.3) is 0 Å². The molecule has 1 amide bonds. The predicted octanol–water partition coefficient (Wildman–Crippen LogP) is 0.0671. The third-order valence-corrected chi connectivity index (χ3v) is 2.18. The zero-order chi connectivity index (χ0) is 10.8. The number of aromatic nitrogens is 2. The number of hydrogen-bond donors (Lipinski definition) is 2. The SMILES string of the molecule is O=C(O)C1COC(=O)N(c2cn[nH]c2)C1. The molecule has 1 atom stereocenters. The van der Waals surface area contributed by atoms with Gasteiger partial charge in [-0.15, -0.1) is 0 Å². The maximum absolute atomic E-state index is 11.3. The quantitative estimate of drug-likeness (QED) is 0.721. The van der Waals surface area contributed by atoms with E-state index in [0.29, 0.717) is 5.69 Å². The van der Waals surface area contributed by atoms with Gasteiger partial charge in [0.2, 0.25) is 0 Å². The number of carboxylic acid groups (broad SMARTS) is 1. The molecule has 1 fully saturated rings. The third kappa shape index (κ3) is 1.76. The van der Waals surface area contributed by atoms with Crippen molar-refractivity contribution < 1.29 is 19.4 Å². The Morgan fingerprint density at radius 2 is 2.53 bits per heavy atom. The van der Waals surface area contributed by atoms with Crippen LogP contribution in [0.5, 0.6) is 0 Å². The molecule has 1 saturated heterocycles. The number of aromatic amines is 1. The molecule has 0 aliphatic carbocycles. The fraction of sp³-hybridized carbons (Fsp3) is 0.375. The highest BCUT2D eigenvalue weighted by Crippen LogP contribution is 2.19. The van der Waals surface area contributed by atoms with Gasteiger partial charge in [0, 0.05) is 12.7 Å². The van der Waals surface area contributed by atoms with Gasteiger partial charge in [-0.3, -0.25) is 14.8 Å². The van der Waals surface area contributed by atoms with Crippen LogP contribution in [-0.4, -0.2) is 40.5 Å². The van der Waals surface area contributed by atoms with Crippen molar-refractivity contribution in [1.82, 2.24) is 10.2 Å². The summed E-state index contributed by atoms with van der Waals surface area (Å²) in [4.78, 5) is 23.3. The second-order valence-corrected chi connectivity index (χ2v) is 3.18. The number of H-pyrrole nitrogens is 1. The number of amides is 1. The van der Waals surface area contributed by atoms with Gasteiger partial charge in [0.15, 0.2) is 0 Å². The van der Waals surface area contributed by atoms with Crippen molar-refractivity contribution in [2.45, 2.75) is 0 Å². The minimum Gasteiger partial charge on any atom is -0.481 e. The second kappa shape index (κ2) is 3.60. The molecule has 15 heavy (non-hydrogen) atoms. The number of nitrogens with zero attached hydrogens (tertiary/aromatic N) is 2. The Morgan fingerprint density at radius 3 is 3.13 bits per heavy atom. The number of cyclic esters (lactones) is 1. The second-order valence-electron chi connectivity index (χ2n) is 3.18. The molecular weight excluding hydrogens is 202 g/mol. The lowest BCUT2D eigenvalue weighted by molar-refractivity contribution is -0.143. The van der Waals surface area contributed by atoms with Crippen molar-refractivity contribution in [3.05, 3.63) is 12.4 Å². The summed E-state index contributed by atoms with van der Waals surface area (Å²) < 4.78 is 4.75. The van der Waals surface area contributed by atoms with Gasteiger partial charge in [0.1, 0.15) is 12.5 Å². The highest BCUT2D eigenvalue weighted by Gasteiger charge is 2.32. The molecule has 7 nitrogen and oxygen atoms in total. The average Bonchev–Trinajstić information content (AvgIpc) is 2.71. The number of hydrogen-bond acceptors (Lipinski definition) is 4. The van der Waals surface area contributed by atoms with Crippen LogP contribution >= 0.6 is 0 Å². The Kier molecular flexibility index (Phi) is 2.28. The minimum absolute atomic E-state index is 0.0808. The van der Waals surface area contributed by atoms with Gasteiger partial charge in [-0.2, -0.15) is 5.10 Å². The summed E-state index contributed by atoms with van der Waals surface area (Å²) >= 11 is 0. The summed E-state index contributed by atoms with van der Waals surface area (Å²) in [5, 5.41) is 15.0. The highest BCUT2D eigenvalue weighted by atomic mass is 16.6. The van der Waals surface area contributed by atoms with Crippen LogP contribution in [0.25, 0.3) is 0 Å². The summed E-state index contributed by atoms with van der Waals surface area (Å²) in [5.74, 6) is -1.67. The number of carboxylic acids is 1. The van der Waals surface area contributed by atoms with Crippen molar-refractivity contribution >= 4 is 17.7 Å². The molecule has 1 aliphatic heterocycles. The van der Waals surface area contributed by atoms with E-state index in [1.54, 1.807) is 0 Å². The van der Waals surface area contributed by atoms with E-state index in [0.717, 1.165) is 0 Å². The molecule has 2 N–H and O–H groups in total. The molecule has 80 valence electrons. The van der Waals surface area contributed by atoms with Gasteiger partial charge in [-0.05, 0) is 0 Å². The maximum atomic E-state index is 11.3. The number of ether oxygens (including phenoxy) is 1. The first-order valence-corrected chi connectivity index (χ1v) is 4.34. The summed E-state index contributed by atoms with van der Waals surface area (Å²) in [6.07, 6.45) is 2.39. The fourth-order valence-electron chi connectivity index (χ4n) is 1.35. The number of aliphatic carboxylic acids is 1. The largest absolute Gasteiger partial charge is 0.481 e. The fourth-order valence-corrected chi connectivity index (χ4v) is 1.35. The van der Waals surface area contributed by atoms with Crippen molar-refractivity contribution in [1.29, 1.82) is 0 Å². The van der Waals surface area contributed by atoms with Gasteiger partial charge < -0.3 is 9.84 Å². The Morgan fingerprint density at radius 1 is 1.73 bits per heavy atom. The van der Waals surface area contributed by atoms with Crippen molar-refractivity contribution in [2.24, 2.45) is 5.92 Å². The molecule has 7 heteroatoms. The van der Waals surface area contributed by atoms with Crippen LogP contribution in [0.4, 0.5) is 10.5 Å². The Bertz CT molecular complexity index is 375. The van der Waals surface area contributed by atoms with E-state index >= 15 is 0 Å². The minimum atomic E-state index is -0.976. The van der Waals surface area contributed by atoms with Crippen LogP contribution < -0.4 is 4.90 Å². The molecule has 0 bridgehead atoms. The van der Waals surface area contributed by atoms with Crippen LogP contribution in [0.15, 0.2) is 12.4 Å². The molecule has 0 aromatic carbocycles. The summed E-state index contributed by atoms with van der Waals surface area (Å²) in [6.45, 7) is 0.0240. The average molecular weight is 211 g/mol. The smallest absolute Gasteiger partial charge is 0.414 e. The van der Waals surface area contributed by atoms with Crippen molar-refractivity contribution in [3.63, 3.8) is 0 Å². The van der Waals surface area contributed by atoms with E-state index < -0.39 is 18.0 Å². The number of carbonyl (C=O) groups excluding carboxylic acids is 1. The van der Waals surface area contributed by atoms with Crippen LogP contribution in [0.3, 0.4) is 0 Å². The van der Waals surface area contributed by atoms with Crippen LogP contribution in [0, 0.1) is 5.92 Å². The maximum Gasteiger partial charge on any atom is 0.414 e. The zero-order valence-corrected chi connectivity index (χ0v) is 7.71. The lowest BCUT2D eigenvalue weighted by atomic mass is 10.1. The summed E-state index contributed by atoms with van der Waals surface area (Å²) in [5.41, 5.74) is 0.506. The first kappa shape index (κ1) is 9.50. The molecule has 2 rings (SSSR count). The first-order chi connectivity index (χ1) is 7.18. The number of carbonyl (C=O) groups is 2. The van der Waals surface area contributed by atoms with Gasteiger partial charge in [-0.25, -0.2) is 4.79 Å². The van der Waals surface area contributed by atoms with Crippen molar-refractivity contribution in [3.8, 4) is 0 Å². The lowest BCUT2D eigenvalue weighted by Gasteiger charge is -2.28. The number of nitrogens with one attached hydrogen (secondary N) is 1. The van der Waals surface area contributed by atoms with E-state index in [2.05, 4.69) is 10.2 Å². The summed E-state index contributed by atoms with van der Waals surface area (Å²) in [7, 11) is 0. The molecule has 1 aromatic heterocycles. The normalized spacial score (nSPS) is 21.2. The molecule has 1 aromatic rings. The van der Waals surface area contributed by atoms with E-state index in [9.17, 15) is 9.59 Å². The number of anilines is 1. The van der Waals surface area contributed by atoms with E-state index in [-0.39, 0.29) is 13.2 Å². The molecule has 2 heterocycles. The first-order valence-electron chi connectivity index (χ1n) is 4.34. The molecule has 0 radical (unpaired) electrons. The lowest BCUT2D eigenvalue weighted by Crippen LogP contribution is -2.45. The molecular formula is C8H9N3O4. The highest BCUT2D eigenvalue weighted by molar-refractivity contribution is 5.89. The molecule has 0 spiro atoms. The van der Waals surface area contributed by atoms with E-state index in [4.69, 9.17) is 9.84 Å². The third-order valence-electron chi connectivity index (χ3n) is 2.18. The van der Waals surface area contributed by atoms with Crippen molar-refractivity contribution in [2.75, 3.05) is 18.1 Å². The van der Waals surface area contributed by atoms with Gasteiger partial charge in [-0.1, -0.05) is 0 Å². The number of rotatable bonds is 2. The van der Waals surface area contributed by atoms with Gasteiger partial charge >= 0.3 is 12.1 Å². The Hall–Kier alpha value is -2.05.